The van der Waals surface area contributed by atoms with Gasteiger partial charge in [-0.05, 0) is 19.3 Å². The molecule has 9 heteroatoms. The third kappa shape index (κ3) is 3.72. The van der Waals surface area contributed by atoms with Crippen LogP contribution in [0.2, 0.25) is 0 Å². The second-order valence-corrected chi connectivity index (χ2v) is 6.84. The van der Waals surface area contributed by atoms with E-state index in [1.807, 2.05) is 17.7 Å². The van der Waals surface area contributed by atoms with Crippen LogP contribution in [0.4, 0.5) is 5.82 Å². The third-order valence-electron chi connectivity index (χ3n) is 4.11. The smallest absolute Gasteiger partial charge is 0.310 e. The molecule has 24 heavy (non-hydrogen) atoms. The highest BCUT2D eigenvalue weighted by Gasteiger charge is 2.20. The van der Waals surface area contributed by atoms with Crippen molar-refractivity contribution in [3.63, 3.8) is 0 Å². The van der Waals surface area contributed by atoms with Gasteiger partial charge in [0, 0.05) is 12.6 Å². The fraction of sp³-hybridized carbons (Fsp3) is 0.600. The molecule has 0 unspecified atom stereocenters. The van der Waals surface area contributed by atoms with E-state index < -0.39 is 0 Å². The maximum absolute atomic E-state index is 12.2. The standard InChI is InChI=1S/C15H22N6O2S/c1-2-9-20-14(23)18-19-15(20)24-10-13(22)17-12-7-8-16-21(12)11-5-3-4-6-11/h7-8,11H,2-6,9-10H2,1H3,(H,17,22)(H,18,23). The van der Waals surface area contributed by atoms with Crippen LogP contribution in [0.1, 0.15) is 45.1 Å². The van der Waals surface area contributed by atoms with Gasteiger partial charge < -0.3 is 5.32 Å². The molecule has 8 nitrogen and oxygen atoms in total. The van der Waals surface area contributed by atoms with E-state index in [9.17, 15) is 9.59 Å². The Morgan fingerprint density at radius 1 is 1.46 bits per heavy atom. The summed E-state index contributed by atoms with van der Waals surface area (Å²) in [4.78, 5) is 23.9. The molecule has 3 rings (SSSR count). The Bertz CT molecular complexity index is 743. The zero-order valence-corrected chi connectivity index (χ0v) is 14.5. The Hall–Kier alpha value is -2.03. The predicted octanol–water partition coefficient (Wildman–Crippen LogP) is 2.02. The lowest BCUT2D eigenvalue weighted by atomic mass is 10.2. The quantitative estimate of drug-likeness (QED) is 0.745. The van der Waals surface area contributed by atoms with Crippen LogP contribution in [0.5, 0.6) is 0 Å². The van der Waals surface area contributed by atoms with Gasteiger partial charge in [0.05, 0.1) is 18.0 Å². The molecule has 0 bridgehead atoms. The van der Waals surface area contributed by atoms with Crippen LogP contribution in [0.3, 0.4) is 0 Å². The molecule has 1 aliphatic rings. The van der Waals surface area contributed by atoms with Gasteiger partial charge in [0.2, 0.25) is 5.91 Å². The fourth-order valence-electron chi connectivity index (χ4n) is 3.00. The zero-order chi connectivity index (χ0) is 16.9. The largest absolute Gasteiger partial charge is 0.343 e. The van der Waals surface area contributed by atoms with Crippen LogP contribution in [-0.4, -0.2) is 36.2 Å². The van der Waals surface area contributed by atoms with E-state index >= 15 is 0 Å². The van der Waals surface area contributed by atoms with Crippen LogP contribution in [0.15, 0.2) is 22.2 Å². The number of nitrogens with one attached hydrogen (secondary N) is 2. The summed E-state index contributed by atoms with van der Waals surface area (Å²) < 4.78 is 3.47. The zero-order valence-electron chi connectivity index (χ0n) is 13.7. The minimum absolute atomic E-state index is 0.127. The lowest BCUT2D eigenvalue weighted by Gasteiger charge is -2.14. The molecule has 0 aliphatic heterocycles. The molecule has 0 aromatic carbocycles. The first-order valence-corrected chi connectivity index (χ1v) is 9.29. The Balaban J connectivity index is 1.59. The first kappa shape index (κ1) is 16.8. The number of amides is 1. The molecule has 0 saturated heterocycles. The fourth-order valence-corrected chi connectivity index (χ4v) is 3.77. The number of carbonyl (C=O) groups is 1. The number of hydrogen-bond donors (Lipinski definition) is 2. The van der Waals surface area contributed by atoms with Gasteiger partial charge in [0.15, 0.2) is 5.16 Å². The lowest BCUT2D eigenvalue weighted by molar-refractivity contribution is -0.113. The van der Waals surface area contributed by atoms with Gasteiger partial charge in [0.1, 0.15) is 5.82 Å². The van der Waals surface area contributed by atoms with Gasteiger partial charge in [-0.3, -0.25) is 9.36 Å². The highest BCUT2D eigenvalue weighted by atomic mass is 32.2. The summed E-state index contributed by atoms with van der Waals surface area (Å²) >= 11 is 1.25. The number of nitrogens with zero attached hydrogens (tertiary/aromatic N) is 4. The highest BCUT2D eigenvalue weighted by Crippen LogP contribution is 2.31. The molecule has 0 radical (unpaired) electrons. The number of aromatic amines is 1. The van der Waals surface area contributed by atoms with Gasteiger partial charge in [-0.2, -0.15) is 5.10 Å². The van der Waals surface area contributed by atoms with E-state index in [2.05, 4.69) is 20.6 Å². The van der Waals surface area contributed by atoms with Gasteiger partial charge in [-0.15, -0.1) is 5.10 Å². The molecular weight excluding hydrogens is 328 g/mol. The molecule has 0 spiro atoms. The minimum Gasteiger partial charge on any atom is -0.310 e. The second-order valence-electron chi connectivity index (χ2n) is 5.90. The monoisotopic (exact) mass is 350 g/mol. The Morgan fingerprint density at radius 2 is 2.25 bits per heavy atom. The summed E-state index contributed by atoms with van der Waals surface area (Å²) in [6, 6.07) is 2.20. The van der Waals surface area contributed by atoms with Crippen molar-refractivity contribution in [2.45, 2.75) is 56.8 Å². The van der Waals surface area contributed by atoms with Crippen molar-refractivity contribution < 1.29 is 4.79 Å². The SMILES string of the molecule is CCCn1c(SCC(=O)Nc2ccnn2C2CCCC2)n[nH]c1=O. The maximum Gasteiger partial charge on any atom is 0.343 e. The van der Waals surface area contributed by atoms with E-state index in [-0.39, 0.29) is 17.3 Å². The number of carbonyl (C=O) groups excluding carboxylic acids is 1. The molecule has 1 saturated carbocycles. The van der Waals surface area contributed by atoms with Crippen LogP contribution >= 0.6 is 11.8 Å². The Kier molecular flexibility index (Phi) is 5.39. The van der Waals surface area contributed by atoms with E-state index in [4.69, 9.17) is 0 Å². The van der Waals surface area contributed by atoms with Crippen LogP contribution in [-0.2, 0) is 11.3 Å². The summed E-state index contributed by atoms with van der Waals surface area (Å²) in [5.74, 6) is 0.808. The minimum atomic E-state index is -0.237. The normalized spacial score (nSPS) is 15.0. The Labute approximate surface area is 144 Å². The van der Waals surface area contributed by atoms with Crippen molar-refractivity contribution in [2.75, 3.05) is 11.1 Å². The first-order valence-electron chi connectivity index (χ1n) is 8.30. The molecule has 0 atom stereocenters. The van der Waals surface area contributed by atoms with Crippen LogP contribution < -0.4 is 11.0 Å². The second kappa shape index (κ2) is 7.69. The first-order chi connectivity index (χ1) is 11.7. The number of rotatable bonds is 7. The van der Waals surface area contributed by atoms with Crippen molar-refractivity contribution in [1.29, 1.82) is 0 Å². The summed E-state index contributed by atoms with van der Waals surface area (Å²) in [6.45, 7) is 2.58. The van der Waals surface area contributed by atoms with Gasteiger partial charge in [0.25, 0.3) is 0 Å². The number of hydrogen-bond acceptors (Lipinski definition) is 5. The van der Waals surface area contributed by atoms with E-state index in [1.54, 1.807) is 10.8 Å². The summed E-state index contributed by atoms with van der Waals surface area (Å²) in [7, 11) is 0. The van der Waals surface area contributed by atoms with Crippen molar-refractivity contribution in [3.8, 4) is 0 Å². The van der Waals surface area contributed by atoms with Gasteiger partial charge in [-0.1, -0.05) is 31.5 Å². The predicted molar refractivity (Wildman–Crippen MR) is 92.2 cm³/mol. The van der Waals surface area contributed by atoms with Crippen LogP contribution in [0, 0.1) is 0 Å². The summed E-state index contributed by atoms with van der Waals surface area (Å²) in [6.07, 6.45) is 7.18. The number of anilines is 1. The molecular formula is C15H22N6O2S. The molecule has 2 aromatic heterocycles. The van der Waals surface area contributed by atoms with Gasteiger partial charge in [-0.25, -0.2) is 14.6 Å². The molecule has 2 N–H and O–H groups in total. The van der Waals surface area contributed by atoms with E-state index in [1.165, 1.54) is 24.6 Å². The number of H-pyrrole nitrogens is 1. The highest BCUT2D eigenvalue weighted by molar-refractivity contribution is 7.99. The van der Waals surface area contributed by atoms with Crippen molar-refractivity contribution in [3.05, 3.63) is 22.7 Å². The lowest BCUT2D eigenvalue weighted by Crippen LogP contribution is -2.20. The molecule has 130 valence electrons. The molecule has 1 fully saturated rings. The van der Waals surface area contributed by atoms with Crippen molar-refractivity contribution in [2.24, 2.45) is 0 Å². The third-order valence-corrected chi connectivity index (χ3v) is 5.09. The van der Waals surface area contributed by atoms with Crippen molar-refractivity contribution >= 4 is 23.5 Å². The Morgan fingerprint density at radius 3 is 3.00 bits per heavy atom. The molecule has 1 aliphatic carbocycles. The van der Waals surface area contributed by atoms with E-state index in [0.29, 0.717) is 17.7 Å². The van der Waals surface area contributed by atoms with E-state index in [0.717, 1.165) is 25.1 Å². The summed E-state index contributed by atoms with van der Waals surface area (Å²) in [5.41, 5.74) is -0.237. The topological polar surface area (TPSA) is 97.6 Å². The maximum atomic E-state index is 12.2. The van der Waals surface area contributed by atoms with Crippen molar-refractivity contribution in [1.82, 2.24) is 24.5 Å². The average molecular weight is 350 g/mol. The molecule has 2 aromatic rings. The number of thioether (sulfide) groups is 1. The number of aromatic nitrogens is 5. The molecule has 2 heterocycles. The summed E-state index contributed by atoms with van der Waals surface area (Å²) in [5, 5.41) is 14.2. The van der Waals surface area contributed by atoms with Gasteiger partial charge >= 0.3 is 5.69 Å². The van der Waals surface area contributed by atoms with Crippen LogP contribution in [0.25, 0.3) is 0 Å². The molecule has 1 amide bonds. The average Bonchev–Trinajstić information content (AvgIpc) is 3.29.